The summed E-state index contributed by atoms with van der Waals surface area (Å²) in [5.74, 6) is 0.610. The fourth-order valence-electron chi connectivity index (χ4n) is 1.72. The van der Waals surface area contributed by atoms with Gasteiger partial charge < -0.3 is 10.1 Å². The minimum Gasteiger partial charge on any atom is -0.481 e. The maximum absolute atomic E-state index is 5.14. The Kier molecular flexibility index (Phi) is 6.36. The molecule has 1 rings (SSSR count). The molecule has 1 aromatic rings. The van der Waals surface area contributed by atoms with E-state index in [4.69, 9.17) is 4.74 Å². The average Bonchev–Trinajstić information content (AvgIpc) is 2.38. The monoisotopic (exact) mass is 249 g/mol. The van der Waals surface area contributed by atoms with Crippen molar-refractivity contribution in [2.45, 2.75) is 39.2 Å². The van der Waals surface area contributed by atoms with E-state index >= 15 is 0 Å². The zero-order valence-electron chi connectivity index (χ0n) is 11.6. The van der Waals surface area contributed by atoms with Crippen molar-refractivity contribution in [2.75, 3.05) is 13.7 Å². The van der Waals surface area contributed by atoms with Gasteiger partial charge in [0.2, 0.25) is 5.88 Å². The van der Waals surface area contributed by atoms with E-state index in [0.717, 1.165) is 31.5 Å². The Balaban J connectivity index is 2.75. The Morgan fingerprint density at radius 2 is 2.28 bits per heavy atom. The largest absolute Gasteiger partial charge is 0.481 e. The van der Waals surface area contributed by atoms with Crippen LogP contribution in [0.5, 0.6) is 5.88 Å². The van der Waals surface area contributed by atoms with Crippen LogP contribution in [0.1, 0.15) is 44.8 Å². The lowest BCUT2D eigenvalue weighted by Crippen LogP contribution is -2.23. The van der Waals surface area contributed by atoms with E-state index in [0.29, 0.717) is 5.88 Å². The van der Waals surface area contributed by atoms with Gasteiger partial charge in [0.25, 0.3) is 0 Å². The van der Waals surface area contributed by atoms with Gasteiger partial charge in [0.15, 0.2) is 0 Å². The number of methoxy groups -OCH3 is 1. The second kappa shape index (κ2) is 7.82. The van der Waals surface area contributed by atoms with Crippen LogP contribution in [0.25, 0.3) is 0 Å². The first-order chi connectivity index (χ1) is 8.67. The fraction of sp³-hybridized carbons (Fsp3) is 0.571. The molecule has 0 spiro atoms. The molecule has 1 aromatic heterocycles. The first kappa shape index (κ1) is 14.6. The van der Waals surface area contributed by atoms with Crippen LogP contribution in [-0.2, 0) is 0 Å². The number of nitrogens with zero attached hydrogens (tertiary/aromatic N) is 2. The van der Waals surface area contributed by atoms with Crippen LogP contribution >= 0.6 is 0 Å². The highest BCUT2D eigenvalue weighted by atomic mass is 16.5. The summed E-state index contributed by atoms with van der Waals surface area (Å²) in [6, 6.07) is 2.13. The highest BCUT2D eigenvalue weighted by molar-refractivity contribution is 5.16. The van der Waals surface area contributed by atoms with Crippen LogP contribution in [0, 0.1) is 0 Å². The highest BCUT2D eigenvalue weighted by Gasteiger charge is 2.13. The summed E-state index contributed by atoms with van der Waals surface area (Å²) in [5.41, 5.74) is 2.18. The summed E-state index contributed by atoms with van der Waals surface area (Å²) in [6.07, 6.45) is 4.64. The minimum atomic E-state index is 0.235. The Bertz CT molecular complexity index is 379. The van der Waals surface area contributed by atoms with E-state index in [1.54, 1.807) is 13.4 Å². The molecule has 0 saturated carbocycles. The molecule has 0 fully saturated rings. The van der Waals surface area contributed by atoms with Crippen LogP contribution < -0.4 is 10.1 Å². The number of hydrogen-bond acceptors (Lipinski definition) is 4. The first-order valence-electron chi connectivity index (χ1n) is 6.41. The molecule has 0 amide bonds. The minimum absolute atomic E-state index is 0.235. The van der Waals surface area contributed by atoms with Crippen molar-refractivity contribution >= 4 is 0 Å². The van der Waals surface area contributed by atoms with Crippen molar-refractivity contribution < 1.29 is 4.74 Å². The zero-order valence-corrected chi connectivity index (χ0v) is 11.6. The van der Waals surface area contributed by atoms with Crippen LogP contribution in [-0.4, -0.2) is 23.6 Å². The lowest BCUT2D eigenvalue weighted by Gasteiger charge is -2.18. The molecule has 18 heavy (non-hydrogen) atoms. The molecule has 0 aliphatic carbocycles. The highest BCUT2D eigenvalue weighted by Crippen LogP contribution is 2.20. The van der Waals surface area contributed by atoms with Gasteiger partial charge in [-0.05, 0) is 32.7 Å². The predicted molar refractivity (Wildman–Crippen MR) is 73.7 cm³/mol. The molecule has 1 N–H and O–H groups in total. The van der Waals surface area contributed by atoms with Crippen molar-refractivity contribution in [3.63, 3.8) is 0 Å². The number of nitrogens with one attached hydrogen (secondary N) is 1. The Hall–Kier alpha value is -1.42. The number of ether oxygens (including phenoxy) is 1. The van der Waals surface area contributed by atoms with Gasteiger partial charge in [0.1, 0.15) is 6.33 Å². The van der Waals surface area contributed by atoms with Gasteiger partial charge in [0.05, 0.1) is 18.8 Å². The summed E-state index contributed by atoms with van der Waals surface area (Å²) in [6.45, 7) is 9.14. The predicted octanol–water partition coefficient (Wildman–Crippen LogP) is 2.88. The number of rotatable bonds is 8. The molecule has 1 atom stereocenters. The molecule has 0 aliphatic heterocycles. The second-order valence-electron chi connectivity index (χ2n) is 4.49. The quantitative estimate of drug-likeness (QED) is 0.720. The van der Waals surface area contributed by atoms with Crippen LogP contribution in [0.4, 0.5) is 0 Å². The molecule has 0 aliphatic rings. The van der Waals surface area contributed by atoms with Crippen molar-refractivity contribution in [3.05, 3.63) is 30.2 Å². The van der Waals surface area contributed by atoms with E-state index in [-0.39, 0.29) is 6.04 Å². The number of aromatic nitrogens is 2. The van der Waals surface area contributed by atoms with Crippen molar-refractivity contribution in [1.82, 2.24) is 15.3 Å². The van der Waals surface area contributed by atoms with E-state index in [1.807, 2.05) is 6.07 Å². The van der Waals surface area contributed by atoms with Crippen LogP contribution in [0.2, 0.25) is 0 Å². The normalized spacial score (nSPS) is 12.2. The standard InChI is InChI=1S/C14H23N3O/c1-5-8-15-12(7-6-11(2)3)13-9-14(18-4)17-10-16-13/h9-10,12,15H,2,5-8H2,1,3-4H3. The zero-order chi connectivity index (χ0) is 13.4. The molecule has 1 heterocycles. The van der Waals surface area contributed by atoms with Crippen LogP contribution in [0.15, 0.2) is 24.5 Å². The number of hydrogen-bond donors (Lipinski definition) is 1. The molecular weight excluding hydrogens is 226 g/mol. The van der Waals surface area contributed by atoms with E-state index in [1.165, 1.54) is 5.57 Å². The maximum atomic E-state index is 5.14. The van der Waals surface area contributed by atoms with Gasteiger partial charge in [-0.3, -0.25) is 0 Å². The topological polar surface area (TPSA) is 47.0 Å². The Morgan fingerprint density at radius 3 is 2.89 bits per heavy atom. The molecule has 0 bridgehead atoms. The second-order valence-corrected chi connectivity index (χ2v) is 4.49. The lowest BCUT2D eigenvalue weighted by molar-refractivity contribution is 0.392. The molecule has 0 saturated heterocycles. The molecule has 0 aromatic carbocycles. The maximum Gasteiger partial charge on any atom is 0.216 e. The van der Waals surface area contributed by atoms with Gasteiger partial charge >= 0.3 is 0 Å². The van der Waals surface area contributed by atoms with Gasteiger partial charge in [0, 0.05) is 6.07 Å². The van der Waals surface area contributed by atoms with Crippen LogP contribution in [0.3, 0.4) is 0 Å². The van der Waals surface area contributed by atoms with Gasteiger partial charge in [-0.25, -0.2) is 9.97 Å². The fourth-order valence-corrected chi connectivity index (χ4v) is 1.72. The van der Waals surface area contributed by atoms with Crippen molar-refractivity contribution in [3.8, 4) is 5.88 Å². The summed E-state index contributed by atoms with van der Waals surface area (Å²) in [4.78, 5) is 8.37. The smallest absolute Gasteiger partial charge is 0.216 e. The van der Waals surface area contributed by atoms with Gasteiger partial charge in [-0.1, -0.05) is 12.5 Å². The van der Waals surface area contributed by atoms with Crippen molar-refractivity contribution in [1.29, 1.82) is 0 Å². The van der Waals surface area contributed by atoms with Crippen molar-refractivity contribution in [2.24, 2.45) is 0 Å². The Morgan fingerprint density at radius 1 is 1.50 bits per heavy atom. The molecule has 0 radical (unpaired) electrons. The van der Waals surface area contributed by atoms with E-state index in [9.17, 15) is 0 Å². The van der Waals surface area contributed by atoms with Gasteiger partial charge in [-0.2, -0.15) is 0 Å². The summed E-state index contributed by atoms with van der Waals surface area (Å²) >= 11 is 0. The molecule has 4 nitrogen and oxygen atoms in total. The summed E-state index contributed by atoms with van der Waals surface area (Å²) in [7, 11) is 1.62. The van der Waals surface area contributed by atoms with Gasteiger partial charge in [-0.15, -0.1) is 6.58 Å². The SMILES string of the molecule is C=C(C)CCC(NCCC)c1cc(OC)ncn1. The number of allylic oxidation sites excluding steroid dienone is 1. The van der Waals surface area contributed by atoms with E-state index < -0.39 is 0 Å². The molecule has 100 valence electrons. The molecule has 4 heteroatoms. The average molecular weight is 249 g/mol. The molecule has 1 unspecified atom stereocenters. The third-order valence-corrected chi connectivity index (χ3v) is 2.73. The summed E-state index contributed by atoms with van der Waals surface area (Å²) in [5, 5.41) is 3.51. The summed E-state index contributed by atoms with van der Waals surface area (Å²) < 4.78 is 5.14. The lowest BCUT2D eigenvalue weighted by atomic mass is 10.0. The first-order valence-corrected chi connectivity index (χ1v) is 6.41. The Labute approximate surface area is 109 Å². The van der Waals surface area contributed by atoms with E-state index in [2.05, 4.69) is 35.7 Å². The molecular formula is C14H23N3O. The third-order valence-electron chi connectivity index (χ3n) is 2.73. The third kappa shape index (κ3) is 4.84.